The summed E-state index contributed by atoms with van der Waals surface area (Å²) in [6.07, 6.45) is 3.03. The smallest absolute Gasteiger partial charge is 0.341 e. The fourth-order valence-electron chi connectivity index (χ4n) is 1.21. The molecule has 0 aliphatic heterocycles. The Balaban J connectivity index is 2.93. The summed E-state index contributed by atoms with van der Waals surface area (Å²) >= 11 is 11.6. The van der Waals surface area contributed by atoms with E-state index in [0.717, 1.165) is 0 Å². The molecule has 0 radical (unpaired) electrons. The van der Waals surface area contributed by atoms with Crippen molar-refractivity contribution in [1.82, 2.24) is 9.38 Å². The Labute approximate surface area is 88.7 Å². The van der Waals surface area contributed by atoms with Crippen LogP contribution < -0.4 is 0 Å². The number of halogens is 2. The summed E-state index contributed by atoms with van der Waals surface area (Å²) in [5, 5.41) is 9.30. The van der Waals surface area contributed by atoms with Crippen molar-refractivity contribution in [3.05, 3.63) is 34.2 Å². The second kappa shape index (κ2) is 3.15. The van der Waals surface area contributed by atoms with Crippen molar-refractivity contribution in [1.29, 1.82) is 0 Å². The number of fused-ring (bicyclic) bond motifs is 1. The van der Waals surface area contributed by atoms with Gasteiger partial charge in [0.2, 0.25) is 0 Å². The lowest BCUT2D eigenvalue weighted by Crippen LogP contribution is -2.02. The van der Waals surface area contributed by atoms with Gasteiger partial charge in [-0.3, -0.25) is 4.40 Å². The van der Waals surface area contributed by atoms with Crippen LogP contribution in [-0.2, 0) is 0 Å². The number of pyridine rings is 1. The second-order valence-electron chi connectivity index (χ2n) is 2.62. The number of carboxylic acid groups (broad SMARTS) is 1. The van der Waals surface area contributed by atoms with E-state index in [1.165, 1.54) is 16.7 Å². The predicted molar refractivity (Wildman–Crippen MR) is 52.2 cm³/mol. The van der Waals surface area contributed by atoms with E-state index in [1.54, 1.807) is 6.20 Å². The number of hydrogen-bond acceptors (Lipinski definition) is 2. The number of carbonyl (C=O) groups is 1. The summed E-state index contributed by atoms with van der Waals surface area (Å²) in [5.74, 6) is -1.12. The molecule has 6 heteroatoms. The lowest BCUT2D eigenvalue weighted by molar-refractivity contribution is 0.0698. The lowest BCUT2D eigenvalue weighted by atomic mass is 10.3. The minimum Gasteiger partial charge on any atom is -0.478 e. The van der Waals surface area contributed by atoms with Crippen molar-refractivity contribution in [2.45, 2.75) is 0 Å². The molecule has 0 saturated carbocycles. The maximum Gasteiger partial charge on any atom is 0.341 e. The van der Waals surface area contributed by atoms with Crippen LogP contribution in [0, 0.1) is 0 Å². The quantitative estimate of drug-likeness (QED) is 0.766. The van der Waals surface area contributed by atoms with E-state index in [0.29, 0.717) is 5.15 Å². The molecule has 0 unspecified atom stereocenters. The van der Waals surface area contributed by atoms with Gasteiger partial charge in [-0.25, -0.2) is 9.78 Å². The summed E-state index contributed by atoms with van der Waals surface area (Å²) in [7, 11) is 0. The Bertz CT molecular complexity index is 521. The molecule has 4 nitrogen and oxygen atoms in total. The third-order valence-electron chi connectivity index (χ3n) is 1.79. The third-order valence-corrected chi connectivity index (χ3v) is 2.38. The van der Waals surface area contributed by atoms with Crippen molar-refractivity contribution in [2.75, 3.05) is 0 Å². The molecule has 72 valence electrons. The Morgan fingerprint density at radius 2 is 2.21 bits per heavy atom. The maximum atomic E-state index is 10.9. The van der Waals surface area contributed by atoms with Gasteiger partial charge in [-0.15, -0.1) is 0 Å². The molecule has 0 atom stereocenters. The van der Waals surface area contributed by atoms with E-state index in [4.69, 9.17) is 28.3 Å². The highest BCUT2D eigenvalue weighted by molar-refractivity contribution is 6.37. The molecule has 0 aliphatic rings. The highest BCUT2D eigenvalue weighted by Gasteiger charge is 2.16. The van der Waals surface area contributed by atoms with Crippen molar-refractivity contribution in [2.24, 2.45) is 0 Å². The normalized spacial score (nSPS) is 10.7. The number of rotatable bonds is 1. The summed E-state index contributed by atoms with van der Waals surface area (Å²) in [4.78, 5) is 14.7. The molecule has 0 fully saturated rings. The van der Waals surface area contributed by atoms with Gasteiger partial charge in [0.15, 0.2) is 5.65 Å². The predicted octanol–water partition coefficient (Wildman–Crippen LogP) is 2.34. The van der Waals surface area contributed by atoms with Crippen LogP contribution in [0.4, 0.5) is 0 Å². The number of imidazole rings is 1. The van der Waals surface area contributed by atoms with E-state index in [-0.39, 0.29) is 16.2 Å². The second-order valence-corrected chi connectivity index (χ2v) is 3.41. The van der Waals surface area contributed by atoms with Crippen molar-refractivity contribution < 1.29 is 9.90 Å². The molecule has 0 amide bonds. The lowest BCUT2D eigenvalue weighted by Gasteiger charge is -2.03. The maximum absolute atomic E-state index is 10.9. The van der Waals surface area contributed by atoms with Crippen molar-refractivity contribution in [3.63, 3.8) is 0 Å². The molecule has 0 bridgehead atoms. The standard InChI is InChI=1S/C8H4Cl2N2O2/c9-4-3-5(10)12-2-1-11-7(12)6(4)8(13)14/h1-3H,(H,13,14). The van der Waals surface area contributed by atoms with Gasteiger partial charge in [-0.05, 0) is 6.07 Å². The zero-order valence-corrected chi connectivity index (χ0v) is 8.25. The third kappa shape index (κ3) is 1.23. The first-order chi connectivity index (χ1) is 6.61. The Hall–Kier alpha value is -1.26. The monoisotopic (exact) mass is 230 g/mol. The summed E-state index contributed by atoms with van der Waals surface area (Å²) in [6, 6.07) is 1.38. The molecule has 2 aromatic heterocycles. The Morgan fingerprint density at radius 3 is 2.86 bits per heavy atom. The molecule has 0 saturated heterocycles. The van der Waals surface area contributed by atoms with Gasteiger partial charge in [-0.2, -0.15) is 0 Å². The first-order valence-corrected chi connectivity index (χ1v) is 4.41. The molecule has 0 spiro atoms. The zero-order valence-electron chi connectivity index (χ0n) is 6.74. The Kier molecular flexibility index (Phi) is 2.09. The zero-order chi connectivity index (χ0) is 10.3. The van der Waals surface area contributed by atoms with Crippen molar-refractivity contribution >= 4 is 34.8 Å². The molecule has 0 aliphatic carbocycles. The van der Waals surface area contributed by atoms with Gasteiger partial charge in [0.05, 0.1) is 5.02 Å². The molecule has 2 rings (SSSR count). The average Bonchev–Trinajstić information content (AvgIpc) is 2.51. The van der Waals surface area contributed by atoms with Crippen LogP contribution in [-0.4, -0.2) is 20.5 Å². The number of aromatic carboxylic acids is 1. The highest BCUT2D eigenvalue weighted by atomic mass is 35.5. The van der Waals surface area contributed by atoms with Gasteiger partial charge in [0.1, 0.15) is 10.7 Å². The molecule has 0 aromatic carbocycles. The van der Waals surface area contributed by atoms with E-state index in [9.17, 15) is 4.79 Å². The first kappa shape index (κ1) is 9.30. The van der Waals surface area contributed by atoms with E-state index in [2.05, 4.69) is 4.98 Å². The van der Waals surface area contributed by atoms with Gasteiger partial charge >= 0.3 is 5.97 Å². The van der Waals surface area contributed by atoms with Crippen LogP contribution in [0.3, 0.4) is 0 Å². The average molecular weight is 231 g/mol. The molecule has 2 aromatic rings. The van der Waals surface area contributed by atoms with Crippen LogP contribution in [0.25, 0.3) is 5.65 Å². The summed E-state index contributed by atoms with van der Waals surface area (Å²) < 4.78 is 1.46. The van der Waals surface area contributed by atoms with Crippen molar-refractivity contribution in [3.8, 4) is 0 Å². The topological polar surface area (TPSA) is 54.6 Å². The van der Waals surface area contributed by atoms with E-state index < -0.39 is 5.97 Å². The van der Waals surface area contributed by atoms with Crippen LogP contribution in [0.15, 0.2) is 18.5 Å². The van der Waals surface area contributed by atoms with Gasteiger partial charge < -0.3 is 5.11 Å². The van der Waals surface area contributed by atoms with Crippen LogP contribution in [0.5, 0.6) is 0 Å². The number of nitrogens with zero attached hydrogens (tertiary/aromatic N) is 2. The number of carboxylic acids is 1. The molecular formula is C8H4Cl2N2O2. The molecule has 1 N–H and O–H groups in total. The summed E-state index contributed by atoms with van der Waals surface area (Å²) in [5.41, 5.74) is 0.205. The van der Waals surface area contributed by atoms with Gasteiger partial charge in [0, 0.05) is 12.4 Å². The SMILES string of the molecule is O=C(O)c1c(Cl)cc(Cl)n2ccnc12. The van der Waals surface area contributed by atoms with Gasteiger partial charge in [0.25, 0.3) is 0 Å². The molecule has 14 heavy (non-hydrogen) atoms. The minimum atomic E-state index is -1.12. The van der Waals surface area contributed by atoms with Crippen LogP contribution in [0.1, 0.15) is 10.4 Å². The van der Waals surface area contributed by atoms with Gasteiger partial charge in [-0.1, -0.05) is 23.2 Å². The molecule has 2 heterocycles. The first-order valence-electron chi connectivity index (χ1n) is 3.65. The fraction of sp³-hybridized carbons (Fsp3) is 0. The minimum absolute atomic E-state index is 0.0407. The number of hydrogen-bond donors (Lipinski definition) is 1. The van der Waals surface area contributed by atoms with Crippen LogP contribution in [0.2, 0.25) is 10.2 Å². The fourth-order valence-corrected chi connectivity index (χ4v) is 1.78. The van der Waals surface area contributed by atoms with E-state index in [1.807, 2.05) is 0 Å². The summed E-state index contributed by atoms with van der Waals surface area (Å²) in [6.45, 7) is 0. The largest absolute Gasteiger partial charge is 0.478 e. The van der Waals surface area contributed by atoms with E-state index >= 15 is 0 Å². The van der Waals surface area contributed by atoms with Crippen LogP contribution >= 0.6 is 23.2 Å². The Morgan fingerprint density at radius 1 is 1.50 bits per heavy atom. The molecular weight excluding hydrogens is 227 g/mol. The number of aromatic nitrogens is 2. The highest BCUT2D eigenvalue weighted by Crippen LogP contribution is 2.25.